The molecule has 8 nitrogen and oxygen atoms in total. The van der Waals surface area contributed by atoms with E-state index in [4.69, 9.17) is 5.73 Å². The molecule has 130 valence electrons. The molecule has 3 amide bonds. The highest BCUT2D eigenvalue weighted by molar-refractivity contribution is 5.88. The first-order chi connectivity index (χ1) is 11.3. The molecular weight excluding hydrogens is 314 g/mol. The molecule has 5 N–H and O–H groups in total. The molecule has 0 bridgehead atoms. The molecule has 0 saturated carbocycles. The van der Waals surface area contributed by atoms with Crippen LogP contribution in [0.3, 0.4) is 0 Å². The van der Waals surface area contributed by atoms with Crippen molar-refractivity contribution in [3.63, 3.8) is 0 Å². The van der Waals surface area contributed by atoms with Gasteiger partial charge in [0.25, 0.3) is 0 Å². The number of rotatable bonds is 9. The number of phenols is 1. The molecule has 8 heteroatoms. The molecule has 0 saturated heterocycles. The molecule has 0 aliphatic rings. The van der Waals surface area contributed by atoms with E-state index in [0.29, 0.717) is 6.29 Å². The van der Waals surface area contributed by atoms with Gasteiger partial charge in [-0.2, -0.15) is 0 Å². The van der Waals surface area contributed by atoms with Gasteiger partial charge in [0.05, 0.1) is 6.04 Å². The molecular formula is C16H21N3O5. The third kappa shape index (κ3) is 6.91. The lowest BCUT2D eigenvalue weighted by atomic mass is 10.0. The zero-order valence-corrected chi connectivity index (χ0v) is 13.3. The zero-order valence-electron chi connectivity index (χ0n) is 13.3. The smallest absolute Gasteiger partial charge is 0.243 e. The highest BCUT2D eigenvalue weighted by Crippen LogP contribution is 2.11. The molecule has 0 aromatic heterocycles. The lowest BCUT2D eigenvalue weighted by molar-refractivity contribution is -0.129. The molecule has 0 aliphatic carbocycles. The fourth-order valence-corrected chi connectivity index (χ4v) is 2.08. The summed E-state index contributed by atoms with van der Waals surface area (Å²) in [6.07, 6.45) is 0.766. The lowest BCUT2D eigenvalue weighted by Gasteiger charge is -2.20. The minimum Gasteiger partial charge on any atom is -0.508 e. The predicted octanol–water partition coefficient (Wildman–Crippen LogP) is -0.611. The van der Waals surface area contributed by atoms with Gasteiger partial charge in [0, 0.05) is 19.8 Å². The Bertz CT molecular complexity index is 600. The van der Waals surface area contributed by atoms with Crippen molar-refractivity contribution in [2.45, 2.75) is 38.3 Å². The SMILES string of the molecule is CC(=O)NC(Cc1ccc(O)cc1)C(=O)NC(C=O)CCC(N)=O. The molecule has 1 aromatic carbocycles. The van der Waals surface area contributed by atoms with Gasteiger partial charge in [-0.05, 0) is 24.1 Å². The first kappa shape index (κ1) is 19.1. The fourth-order valence-electron chi connectivity index (χ4n) is 2.08. The van der Waals surface area contributed by atoms with Crippen molar-refractivity contribution in [2.75, 3.05) is 0 Å². The molecule has 0 heterocycles. The summed E-state index contributed by atoms with van der Waals surface area (Å²) >= 11 is 0. The van der Waals surface area contributed by atoms with Crippen LogP contribution >= 0.6 is 0 Å². The number of nitrogens with two attached hydrogens (primary N) is 1. The van der Waals surface area contributed by atoms with Crippen molar-refractivity contribution in [1.29, 1.82) is 0 Å². The van der Waals surface area contributed by atoms with E-state index in [1.54, 1.807) is 12.1 Å². The summed E-state index contributed by atoms with van der Waals surface area (Å²) in [6, 6.07) is 4.45. The van der Waals surface area contributed by atoms with Crippen LogP contribution < -0.4 is 16.4 Å². The Morgan fingerprint density at radius 3 is 2.33 bits per heavy atom. The average Bonchev–Trinajstić information content (AvgIpc) is 2.52. The third-order valence-corrected chi connectivity index (χ3v) is 3.26. The van der Waals surface area contributed by atoms with Crippen LogP contribution in [0.2, 0.25) is 0 Å². The van der Waals surface area contributed by atoms with Crippen LogP contribution in [0.5, 0.6) is 5.75 Å². The second-order valence-corrected chi connectivity index (χ2v) is 5.38. The zero-order chi connectivity index (χ0) is 18.1. The fraction of sp³-hybridized carbons (Fsp3) is 0.375. The van der Waals surface area contributed by atoms with Crippen LogP contribution in [0, 0.1) is 0 Å². The van der Waals surface area contributed by atoms with Gasteiger partial charge in [0.2, 0.25) is 17.7 Å². The summed E-state index contributed by atoms with van der Waals surface area (Å²) in [4.78, 5) is 45.4. The summed E-state index contributed by atoms with van der Waals surface area (Å²) in [5.41, 5.74) is 5.74. The van der Waals surface area contributed by atoms with Crippen LogP contribution in [0.25, 0.3) is 0 Å². The maximum Gasteiger partial charge on any atom is 0.243 e. The van der Waals surface area contributed by atoms with E-state index >= 15 is 0 Å². The second kappa shape index (κ2) is 9.29. The summed E-state index contributed by atoms with van der Waals surface area (Å²) in [6.45, 7) is 1.28. The quantitative estimate of drug-likeness (QED) is 0.446. The van der Waals surface area contributed by atoms with Crippen molar-refractivity contribution in [2.24, 2.45) is 5.73 Å². The van der Waals surface area contributed by atoms with Crippen LogP contribution in [0.1, 0.15) is 25.3 Å². The number of carbonyl (C=O) groups is 4. The lowest BCUT2D eigenvalue weighted by Crippen LogP contribution is -2.50. The topological polar surface area (TPSA) is 139 Å². The summed E-state index contributed by atoms with van der Waals surface area (Å²) in [5, 5.41) is 14.3. The standard InChI is InChI=1S/C16H21N3O5/c1-10(21)18-14(8-11-2-5-13(22)6-3-11)16(24)19-12(9-20)4-7-15(17)23/h2-3,5-6,9,12,14,22H,4,7-8H2,1H3,(H2,17,23)(H,18,21)(H,19,24). The van der Waals surface area contributed by atoms with Gasteiger partial charge in [-0.3, -0.25) is 14.4 Å². The normalized spacial score (nSPS) is 12.7. The number of benzene rings is 1. The Hall–Kier alpha value is -2.90. The van der Waals surface area contributed by atoms with Crippen molar-refractivity contribution in [1.82, 2.24) is 10.6 Å². The molecule has 1 rings (SSSR count). The van der Waals surface area contributed by atoms with Crippen LogP contribution in [0.4, 0.5) is 0 Å². The van der Waals surface area contributed by atoms with Gasteiger partial charge < -0.3 is 26.3 Å². The second-order valence-electron chi connectivity index (χ2n) is 5.38. The van der Waals surface area contributed by atoms with Gasteiger partial charge in [-0.25, -0.2) is 0 Å². The molecule has 2 unspecified atom stereocenters. The van der Waals surface area contributed by atoms with Crippen molar-refractivity contribution in [3.05, 3.63) is 29.8 Å². The van der Waals surface area contributed by atoms with Crippen LogP contribution in [-0.2, 0) is 25.6 Å². The first-order valence-corrected chi connectivity index (χ1v) is 7.40. The summed E-state index contributed by atoms with van der Waals surface area (Å²) in [5.74, 6) is -1.42. The maximum absolute atomic E-state index is 12.3. The number of primary amides is 1. The maximum atomic E-state index is 12.3. The molecule has 24 heavy (non-hydrogen) atoms. The minimum absolute atomic E-state index is 0.0353. The van der Waals surface area contributed by atoms with Gasteiger partial charge >= 0.3 is 0 Å². The first-order valence-electron chi connectivity index (χ1n) is 7.40. The number of hydrogen-bond acceptors (Lipinski definition) is 5. The molecule has 0 spiro atoms. The van der Waals surface area contributed by atoms with Gasteiger partial charge in [-0.15, -0.1) is 0 Å². The van der Waals surface area contributed by atoms with E-state index in [2.05, 4.69) is 10.6 Å². The minimum atomic E-state index is -0.886. The van der Waals surface area contributed by atoms with Crippen molar-refractivity contribution >= 4 is 24.0 Å². The van der Waals surface area contributed by atoms with E-state index in [0.717, 1.165) is 5.56 Å². The number of nitrogens with one attached hydrogen (secondary N) is 2. The predicted molar refractivity (Wildman–Crippen MR) is 85.8 cm³/mol. The van der Waals surface area contributed by atoms with Crippen molar-refractivity contribution < 1.29 is 24.3 Å². The number of aromatic hydroxyl groups is 1. The Morgan fingerprint density at radius 2 is 1.83 bits per heavy atom. The monoisotopic (exact) mass is 335 g/mol. The van der Waals surface area contributed by atoms with Gasteiger partial charge in [0.15, 0.2) is 0 Å². The number of amides is 3. The van der Waals surface area contributed by atoms with Gasteiger partial charge in [-0.1, -0.05) is 12.1 Å². The third-order valence-electron chi connectivity index (χ3n) is 3.26. The molecule has 0 radical (unpaired) electrons. The van der Waals surface area contributed by atoms with E-state index in [-0.39, 0.29) is 25.0 Å². The van der Waals surface area contributed by atoms with E-state index in [9.17, 15) is 24.3 Å². The van der Waals surface area contributed by atoms with Crippen LogP contribution in [0.15, 0.2) is 24.3 Å². The van der Waals surface area contributed by atoms with E-state index in [1.165, 1.54) is 19.1 Å². The van der Waals surface area contributed by atoms with Crippen molar-refractivity contribution in [3.8, 4) is 5.75 Å². The van der Waals surface area contributed by atoms with Crippen LogP contribution in [-0.4, -0.2) is 41.2 Å². The Balaban J connectivity index is 2.76. The van der Waals surface area contributed by atoms with Gasteiger partial charge in [0.1, 0.15) is 18.1 Å². The number of phenolic OH excluding ortho intramolecular Hbond substituents is 1. The highest BCUT2D eigenvalue weighted by Gasteiger charge is 2.22. The number of aldehydes is 1. The summed E-state index contributed by atoms with van der Waals surface area (Å²) < 4.78 is 0. The number of carbonyl (C=O) groups excluding carboxylic acids is 4. The van der Waals surface area contributed by atoms with E-state index in [1.807, 2.05) is 0 Å². The molecule has 0 fully saturated rings. The Labute approximate surface area is 139 Å². The highest BCUT2D eigenvalue weighted by atomic mass is 16.3. The largest absolute Gasteiger partial charge is 0.508 e. The summed E-state index contributed by atoms with van der Waals surface area (Å²) in [7, 11) is 0. The molecule has 1 aromatic rings. The Kier molecular flexibility index (Phi) is 7.41. The molecule has 2 atom stereocenters. The molecule has 0 aliphatic heterocycles. The number of hydrogen-bond donors (Lipinski definition) is 4. The van der Waals surface area contributed by atoms with E-state index < -0.39 is 29.8 Å². The average molecular weight is 335 g/mol. The Morgan fingerprint density at radius 1 is 1.21 bits per heavy atom.